The quantitative estimate of drug-likeness (QED) is 0.0487. The Morgan fingerprint density at radius 2 is 1.10 bits per heavy atom. The van der Waals surface area contributed by atoms with Gasteiger partial charge >= 0.3 is 35.3 Å². The lowest BCUT2D eigenvalue weighted by Gasteiger charge is -2.13. The number of nitrogen functional groups attached to an aromatic ring is 1. The van der Waals surface area contributed by atoms with Gasteiger partial charge in [-0.05, 0) is 44.2 Å². The number of esters is 4. The molecule has 4 atom stereocenters. The van der Waals surface area contributed by atoms with E-state index in [2.05, 4.69) is 40.5 Å². The number of fused-ring (bicyclic) bond motifs is 1. The number of aromatic amines is 2. The van der Waals surface area contributed by atoms with Crippen LogP contribution >= 0.6 is 0 Å². The molecule has 26 heteroatoms. The lowest BCUT2D eigenvalue weighted by Crippen LogP contribution is -2.32. The summed E-state index contributed by atoms with van der Waals surface area (Å²) in [5.41, 5.74) is 6.24. The predicted octanol–water partition coefficient (Wildman–Crippen LogP) is 3.69. The van der Waals surface area contributed by atoms with E-state index in [4.69, 9.17) is 24.7 Å². The van der Waals surface area contributed by atoms with E-state index in [0.29, 0.717) is 53.8 Å². The van der Waals surface area contributed by atoms with E-state index < -0.39 is 22.5 Å². The first-order valence-corrected chi connectivity index (χ1v) is 25.2. The number of pyridine rings is 1. The lowest BCUT2D eigenvalue weighted by molar-refractivity contribution is -0.149. The number of rotatable bonds is 22. The first-order chi connectivity index (χ1) is 36.5. The molecule has 0 aliphatic carbocycles. The molecule has 0 radical (unpaired) electrons. The minimum atomic E-state index is -0.503. The van der Waals surface area contributed by atoms with E-state index in [9.17, 15) is 47.9 Å². The summed E-state index contributed by atoms with van der Waals surface area (Å²) in [5.74, 6) is -0.917. The average molecular weight is 1080 g/mol. The molecule has 0 bridgehead atoms. The number of nitrogens with two attached hydrogens (primary N) is 1. The Bertz CT molecular complexity index is 2980. The average Bonchev–Trinajstić information content (AvgIpc) is 3.81. The minimum absolute atomic E-state index is 0.0718. The summed E-state index contributed by atoms with van der Waals surface area (Å²) in [6.07, 6.45) is 9.20. The van der Waals surface area contributed by atoms with E-state index in [-0.39, 0.29) is 92.3 Å². The Labute approximate surface area is 444 Å². The van der Waals surface area contributed by atoms with Crippen LogP contribution in [-0.4, -0.2) is 106 Å². The van der Waals surface area contributed by atoms with Gasteiger partial charge in [0.1, 0.15) is 43.3 Å². The van der Waals surface area contributed by atoms with Crippen molar-refractivity contribution < 1.29 is 47.7 Å². The monoisotopic (exact) mass is 1080 g/mol. The molecule has 0 aliphatic heterocycles. The highest BCUT2D eigenvalue weighted by atomic mass is 16.5. The van der Waals surface area contributed by atoms with Gasteiger partial charge in [-0.3, -0.25) is 57.5 Å². The van der Waals surface area contributed by atoms with Crippen LogP contribution in [0.25, 0.3) is 11.2 Å². The zero-order valence-electron chi connectivity index (χ0n) is 45.8. The number of imidazole rings is 1. The van der Waals surface area contributed by atoms with Crippen molar-refractivity contribution in [2.24, 2.45) is 23.7 Å². The molecule has 0 fully saturated rings. The van der Waals surface area contributed by atoms with Crippen LogP contribution in [0.15, 0.2) is 62.4 Å². The molecule has 77 heavy (non-hydrogen) atoms. The zero-order valence-corrected chi connectivity index (χ0v) is 45.8. The van der Waals surface area contributed by atoms with Gasteiger partial charge in [0, 0.05) is 44.3 Å². The van der Waals surface area contributed by atoms with Crippen LogP contribution in [0.4, 0.5) is 17.5 Å². The van der Waals surface area contributed by atoms with Crippen LogP contribution in [-0.2, 0) is 73.8 Å². The smallest absolute Gasteiger partial charge is 0.328 e. The second-order valence-electron chi connectivity index (χ2n) is 17.7. The maximum Gasteiger partial charge on any atom is 0.328 e. The Balaban J connectivity index is 0.000000353. The van der Waals surface area contributed by atoms with Crippen LogP contribution in [0.1, 0.15) is 106 Å². The molecular formula is C51H74N12O14. The number of ether oxygens (including phenoxy) is 4. The van der Waals surface area contributed by atoms with Gasteiger partial charge in [0.2, 0.25) is 11.8 Å². The van der Waals surface area contributed by atoms with Gasteiger partial charge in [-0.15, -0.1) is 0 Å². The standard InChI is InChI=1S/C16H23N3O4.C12H17N5O2.C12H18N2O4.C11H16N2O4/c1-5-10(2)16(22)23-9-8-13-6-7-14(17-11(3)20)19-15(13)18-12(4)21;1-3-8(2)12(18)19-5-4-17-7-16-9-10(13)14-6-15-11(9)17;1-4-8(2)11(16)18-6-5-14-7-9(3)10(15)13-12(14)17;1-3-8(2)10(15)17-7-6-13-5-4-9(14)12-11(13)16/h6-7,10H,5,8-9H2,1-4H3,(H2,17,18,19,20,21);6-8H,3-5H2,1-2H3,(H2,13,14,15);7-8H,4-6H2,1-3H3,(H,13,15,17);4-5,8H,3,6-7H2,1-2H3,(H,12,14,16). The maximum atomic E-state index is 11.6. The number of hydrogen-bond acceptors (Lipinski definition) is 19. The van der Waals surface area contributed by atoms with Crippen molar-refractivity contribution in [2.45, 2.75) is 128 Å². The van der Waals surface area contributed by atoms with E-state index >= 15 is 0 Å². The van der Waals surface area contributed by atoms with E-state index in [1.165, 1.54) is 47.8 Å². The molecule has 0 saturated heterocycles. The highest BCUT2D eigenvalue weighted by molar-refractivity contribution is 5.90. The SMILES string of the molecule is CCC(C)C(=O)OCCc1ccc(NC(C)=O)nc1NC(C)=O.CCC(C)C(=O)OCCn1cc(C)c(=O)[nH]c1=O.CCC(C)C(=O)OCCn1ccc(=O)[nH]c1=O.CCC(C)C(=O)OCCn1cnc2c(N)ncnc21. The molecule has 422 valence electrons. The summed E-state index contributed by atoms with van der Waals surface area (Å²) in [6, 6.07) is 4.62. The molecule has 6 N–H and O–H groups in total. The molecule has 0 spiro atoms. The number of amides is 2. The highest BCUT2D eigenvalue weighted by Gasteiger charge is 2.16. The number of nitrogens with one attached hydrogen (secondary N) is 4. The van der Waals surface area contributed by atoms with Crippen LogP contribution in [0.3, 0.4) is 0 Å². The third-order valence-corrected chi connectivity index (χ3v) is 11.5. The van der Waals surface area contributed by atoms with Crippen molar-refractivity contribution in [3.8, 4) is 0 Å². The van der Waals surface area contributed by atoms with Gasteiger partial charge in [0.15, 0.2) is 11.5 Å². The zero-order chi connectivity index (χ0) is 57.8. The Hall–Kier alpha value is -8.32. The van der Waals surface area contributed by atoms with Crippen molar-refractivity contribution >= 4 is 64.3 Å². The third-order valence-electron chi connectivity index (χ3n) is 11.5. The van der Waals surface area contributed by atoms with Crippen LogP contribution < -0.4 is 38.9 Å². The number of H-pyrrole nitrogens is 2. The molecule has 0 saturated carbocycles. The van der Waals surface area contributed by atoms with Crippen molar-refractivity contribution in [1.82, 2.24) is 43.6 Å². The number of carbonyl (C=O) groups is 6. The summed E-state index contributed by atoms with van der Waals surface area (Å²) >= 11 is 0. The van der Waals surface area contributed by atoms with Gasteiger partial charge < -0.3 is 39.9 Å². The molecule has 5 heterocycles. The van der Waals surface area contributed by atoms with Gasteiger partial charge in [-0.25, -0.2) is 29.5 Å². The van der Waals surface area contributed by atoms with E-state index in [0.717, 1.165) is 31.2 Å². The minimum Gasteiger partial charge on any atom is -0.465 e. The molecule has 2 amide bonds. The molecule has 4 unspecified atom stereocenters. The first kappa shape index (κ1) is 64.8. The number of nitrogens with zero attached hydrogens (tertiary/aromatic N) is 7. The normalized spacial score (nSPS) is 12.0. The number of aryl methyl sites for hydroxylation is 1. The summed E-state index contributed by atoms with van der Waals surface area (Å²) in [6.45, 7) is 21.0. The second-order valence-corrected chi connectivity index (χ2v) is 17.7. The fourth-order valence-electron chi connectivity index (χ4n) is 5.91. The second kappa shape index (κ2) is 33.6. The Kier molecular flexibility index (Phi) is 28.2. The fourth-order valence-corrected chi connectivity index (χ4v) is 5.91. The Morgan fingerprint density at radius 1 is 0.623 bits per heavy atom. The molecule has 5 aromatic heterocycles. The number of hydrogen-bond donors (Lipinski definition) is 5. The molecular weight excluding hydrogens is 1000 g/mol. The molecule has 0 aliphatic rings. The number of aromatic nitrogens is 9. The Morgan fingerprint density at radius 3 is 1.60 bits per heavy atom. The highest BCUT2D eigenvalue weighted by Crippen LogP contribution is 2.18. The van der Waals surface area contributed by atoms with Gasteiger partial charge in [0.25, 0.3) is 11.1 Å². The topological polar surface area (TPSA) is 356 Å². The summed E-state index contributed by atoms with van der Waals surface area (Å²) in [5, 5.41) is 5.17. The van der Waals surface area contributed by atoms with Crippen molar-refractivity contribution in [3.63, 3.8) is 0 Å². The largest absolute Gasteiger partial charge is 0.465 e. The van der Waals surface area contributed by atoms with Crippen molar-refractivity contribution in [3.05, 3.63) is 96.1 Å². The van der Waals surface area contributed by atoms with Crippen LogP contribution in [0.2, 0.25) is 0 Å². The number of anilines is 3. The molecule has 26 nitrogen and oxygen atoms in total. The van der Waals surface area contributed by atoms with Gasteiger partial charge in [-0.2, -0.15) is 0 Å². The summed E-state index contributed by atoms with van der Waals surface area (Å²) in [7, 11) is 0. The number of carbonyl (C=O) groups excluding carboxylic acids is 6. The fraction of sp³-hybridized carbons (Fsp3) is 0.529. The van der Waals surface area contributed by atoms with E-state index in [1.807, 2.05) is 41.5 Å². The molecule has 5 rings (SSSR count). The predicted molar refractivity (Wildman–Crippen MR) is 285 cm³/mol. The summed E-state index contributed by atoms with van der Waals surface area (Å²) < 4.78 is 24.8. The summed E-state index contributed by atoms with van der Waals surface area (Å²) in [4.78, 5) is 134. The van der Waals surface area contributed by atoms with Gasteiger partial charge in [0.05, 0.1) is 56.2 Å². The van der Waals surface area contributed by atoms with Gasteiger partial charge in [-0.1, -0.05) is 61.5 Å². The van der Waals surface area contributed by atoms with Crippen LogP contribution in [0.5, 0.6) is 0 Å². The molecule has 5 aromatic rings. The van der Waals surface area contributed by atoms with Crippen molar-refractivity contribution in [2.75, 3.05) is 42.8 Å². The first-order valence-electron chi connectivity index (χ1n) is 25.2. The molecule has 0 aromatic carbocycles. The lowest BCUT2D eigenvalue weighted by atomic mass is 10.1. The maximum absolute atomic E-state index is 11.6. The third kappa shape index (κ3) is 23.0. The van der Waals surface area contributed by atoms with E-state index in [1.54, 1.807) is 43.8 Å². The van der Waals surface area contributed by atoms with Crippen LogP contribution in [0, 0.1) is 30.6 Å². The van der Waals surface area contributed by atoms with Crippen molar-refractivity contribution in [1.29, 1.82) is 0 Å².